The molecule has 1 amide bonds. The molecule has 9 heteroatoms. The zero-order valence-electron chi connectivity index (χ0n) is 13.8. The molecule has 2 heterocycles. The molecule has 3 rings (SSSR count). The first-order valence-electron chi connectivity index (χ1n) is 7.63. The van der Waals surface area contributed by atoms with E-state index in [1.165, 1.54) is 25.1 Å². The van der Waals surface area contributed by atoms with Crippen LogP contribution in [0, 0.1) is 0 Å². The van der Waals surface area contributed by atoms with Gasteiger partial charge in [0.1, 0.15) is 0 Å². The average Bonchev–Trinajstić information content (AvgIpc) is 3.06. The standard InChI is InChI=1S/C17H15ClN4O3S/c1-25-16(24)11-4-2-10(3-5-11)7-19-14(23)9-26-17-21-13-6-12(18)8-20-15(13)22-17/h2-6,8H,7,9H2,1H3,(H,19,23)(H,20,21,22). The number of hydrogen-bond donors (Lipinski definition) is 2. The maximum absolute atomic E-state index is 12.0. The first-order chi connectivity index (χ1) is 12.5. The number of imidazole rings is 1. The number of amides is 1. The molecule has 1 aromatic carbocycles. The van der Waals surface area contributed by atoms with Crippen LogP contribution in [0.3, 0.4) is 0 Å². The molecule has 0 unspecified atom stereocenters. The molecule has 7 nitrogen and oxygen atoms in total. The predicted octanol–water partition coefficient (Wildman–Crippen LogP) is 2.81. The number of thioether (sulfide) groups is 1. The van der Waals surface area contributed by atoms with E-state index in [1.54, 1.807) is 30.3 Å². The minimum Gasteiger partial charge on any atom is -0.465 e. The summed E-state index contributed by atoms with van der Waals surface area (Å²) in [6.45, 7) is 0.373. The Balaban J connectivity index is 1.49. The Labute approximate surface area is 158 Å². The molecule has 2 N–H and O–H groups in total. The number of carbonyl (C=O) groups is 2. The maximum atomic E-state index is 12.0. The van der Waals surface area contributed by atoms with Crippen molar-refractivity contribution in [2.24, 2.45) is 0 Å². The highest BCUT2D eigenvalue weighted by Crippen LogP contribution is 2.20. The van der Waals surface area contributed by atoms with Crippen molar-refractivity contribution in [2.75, 3.05) is 12.9 Å². The molecule has 134 valence electrons. The number of aromatic amines is 1. The summed E-state index contributed by atoms with van der Waals surface area (Å²) in [6, 6.07) is 8.60. The fourth-order valence-corrected chi connectivity index (χ4v) is 3.04. The van der Waals surface area contributed by atoms with Gasteiger partial charge >= 0.3 is 5.97 Å². The van der Waals surface area contributed by atoms with Crippen molar-refractivity contribution in [3.05, 3.63) is 52.7 Å². The molecule has 0 saturated carbocycles. The van der Waals surface area contributed by atoms with Gasteiger partial charge in [-0.25, -0.2) is 14.8 Å². The van der Waals surface area contributed by atoms with Gasteiger partial charge < -0.3 is 15.0 Å². The van der Waals surface area contributed by atoms with Crippen molar-refractivity contribution in [3.63, 3.8) is 0 Å². The summed E-state index contributed by atoms with van der Waals surface area (Å²) in [5, 5.41) is 3.95. The Morgan fingerprint density at radius 3 is 2.81 bits per heavy atom. The van der Waals surface area contributed by atoms with Gasteiger partial charge in [0, 0.05) is 12.7 Å². The summed E-state index contributed by atoms with van der Waals surface area (Å²) in [6.07, 6.45) is 1.53. The third-order valence-corrected chi connectivity index (χ3v) is 4.57. The second-order valence-electron chi connectivity index (χ2n) is 5.32. The highest BCUT2D eigenvalue weighted by Gasteiger charge is 2.09. The lowest BCUT2D eigenvalue weighted by Gasteiger charge is -2.05. The van der Waals surface area contributed by atoms with Crippen molar-refractivity contribution >= 4 is 46.4 Å². The van der Waals surface area contributed by atoms with Crippen LogP contribution in [0.4, 0.5) is 0 Å². The fourth-order valence-electron chi connectivity index (χ4n) is 2.18. The molecule has 0 radical (unpaired) electrons. The van der Waals surface area contributed by atoms with E-state index in [9.17, 15) is 9.59 Å². The van der Waals surface area contributed by atoms with E-state index >= 15 is 0 Å². The lowest BCUT2D eigenvalue weighted by Crippen LogP contribution is -2.24. The third kappa shape index (κ3) is 4.53. The smallest absolute Gasteiger partial charge is 0.337 e. The van der Waals surface area contributed by atoms with E-state index < -0.39 is 5.97 Å². The van der Waals surface area contributed by atoms with Crippen LogP contribution in [-0.4, -0.2) is 39.7 Å². The molecule has 3 aromatic rings. The first-order valence-corrected chi connectivity index (χ1v) is 8.99. The number of carbonyl (C=O) groups excluding carboxylic acids is 2. The van der Waals surface area contributed by atoms with E-state index in [0.29, 0.717) is 27.9 Å². The van der Waals surface area contributed by atoms with Crippen LogP contribution in [0.5, 0.6) is 0 Å². The minimum atomic E-state index is -0.390. The second-order valence-corrected chi connectivity index (χ2v) is 6.72. The van der Waals surface area contributed by atoms with Gasteiger partial charge in [0.15, 0.2) is 10.8 Å². The largest absolute Gasteiger partial charge is 0.465 e. The van der Waals surface area contributed by atoms with Gasteiger partial charge in [-0.05, 0) is 23.8 Å². The molecule has 0 aliphatic carbocycles. The number of halogens is 1. The van der Waals surface area contributed by atoms with Crippen LogP contribution >= 0.6 is 23.4 Å². The Morgan fingerprint density at radius 1 is 1.31 bits per heavy atom. The van der Waals surface area contributed by atoms with Crippen LogP contribution in [-0.2, 0) is 16.1 Å². The molecule has 26 heavy (non-hydrogen) atoms. The van der Waals surface area contributed by atoms with E-state index in [4.69, 9.17) is 11.6 Å². The molecule has 2 aromatic heterocycles. The molecule has 0 aliphatic rings. The number of aromatic nitrogens is 3. The third-order valence-electron chi connectivity index (χ3n) is 3.49. The molecule has 0 bridgehead atoms. The van der Waals surface area contributed by atoms with Crippen molar-refractivity contribution in [2.45, 2.75) is 11.7 Å². The fraction of sp³-hybridized carbons (Fsp3) is 0.176. The summed E-state index contributed by atoms with van der Waals surface area (Å²) in [4.78, 5) is 34.8. The van der Waals surface area contributed by atoms with Gasteiger partial charge in [-0.1, -0.05) is 35.5 Å². The van der Waals surface area contributed by atoms with Gasteiger partial charge in [0.2, 0.25) is 5.91 Å². The first kappa shape index (κ1) is 18.2. The molecular weight excluding hydrogens is 376 g/mol. The molecule has 0 atom stereocenters. The maximum Gasteiger partial charge on any atom is 0.337 e. The monoisotopic (exact) mass is 390 g/mol. The number of ether oxygens (including phenoxy) is 1. The Bertz CT molecular complexity index is 943. The van der Waals surface area contributed by atoms with E-state index in [0.717, 1.165) is 11.1 Å². The van der Waals surface area contributed by atoms with E-state index in [2.05, 4.69) is 25.0 Å². The quantitative estimate of drug-likeness (QED) is 0.496. The van der Waals surface area contributed by atoms with Crippen molar-refractivity contribution < 1.29 is 14.3 Å². The SMILES string of the molecule is COC(=O)c1ccc(CNC(=O)CSc2nc3ncc(Cl)cc3[nH]2)cc1. The van der Waals surface area contributed by atoms with Gasteiger partial charge in [0.25, 0.3) is 0 Å². The number of rotatable bonds is 6. The summed E-state index contributed by atoms with van der Waals surface area (Å²) < 4.78 is 4.64. The number of benzene rings is 1. The zero-order valence-corrected chi connectivity index (χ0v) is 15.4. The highest BCUT2D eigenvalue weighted by molar-refractivity contribution is 7.99. The number of H-pyrrole nitrogens is 1. The van der Waals surface area contributed by atoms with E-state index in [1.807, 2.05) is 0 Å². The van der Waals surface area contributed by atoms with Crippen molar-refractivity contribution in [3.8, 4) is 0 Å². The minimum absolute atomic E-state index is 0.126. The van der Waals surface area contributed by atoms with Crippen LogP contribution in [0.25, 0.3) is 11.2 Å². The topological polar surface area (TPSA) is 97.0 Å². The summed E-state index contributed by atoms with van der Waals surface area (Å²) >= 11 is 7.17. The van der Waals surface area contributed by atoms with Gasteiger partial charge in [-0.15, -0.1) is 0 Å². The number of nitrogens with zero attached hydrogens (tertiary/aromatic N) is 2. The normalized spacial score (nSPS) is 10.7. The molecule has 0 spiro atoms. The lowest BCUT2D eigenvalue weighted by atomic mass is 10.1. The highest BCUT2D eigenvalue weighted by atomic mass is 35.5. The number of pyridine rings is 1. The lowest BCUT2D eigenvalue weighted by molar-refractivity contribution is -0.118. The average molecular weight is 391 g/mol. The molecule has 0 fully saturated rings. The van der Waals surface area contributed by atoms with Gasteiger partial charge in [-0.2, -0.15) is 0 Å². The van der Waals surface area contributed by atoms with Crippen LogP contribution in [0.1, 0.15) is 15.9 Å². The molecule has 0 saturated heterocycles. The Hall–Kier alpha value is -2.58. The predicted molar refractivity (Wildman–Crippen MR) is 99.3 cm³/mol. The van der Waals surface area contributed by atoms with E-state index in [-0.39, 0.29) is 11.7 Å². The molecular formula is C17H15ClN4O3S. The van der Waals surface area contributed by atoms with Gasteiger partial charge in [-0.3, -0.25) is 4.79 Å². The molecule has 0 aliphatic heterocycles. The van der Waals surface area contributed by atoms with Crippen molar-refractivity contribution in [1.82, 2.24) is 20.3 Å². The Morgan fingerprint density at radius 2 is 2.08 bits per heavy atom. The Kier molecular flexibility index (Phi) is 5.75. The van der Waals surface area contributed by atoms with Crippen LogP contribution in [0.15, 0.2) is 41.7 Å². The summed E-state index contributed by atoms with van der Waals surface area (Å²) in [5.41, 5.74) is 2.64. The van der Waals surface area contributed by atoms with Crippen LogP contribution in [0.2, 0.25) is 5.02 Å². The van der Waals surface area contributed by atoms with Crippen LogP contribution < -0.4 is 5.32 Å². The number of hydrogen-bond acceptors (Lipinski definition) is 6. The van der Waals surface area contributed by atoms with Crippen molar-refractivity contribution in [1.29, 1.82) is 0 Å². The number of methoxy groups -OCH3 is 1. The summed E-state index contributed by atoms with van der Waals surface area (Å²) in [5.74, 6) is -0.301. The summed E-state index contributed by atoms with van der Waals surface area (Å²) in [7, 11) is 1.33. The number of fused-ring (bicyclic) bond motifs is 1. The van der Waals surface area contributed by atoms with Gasteiger partial charge in [0.05, 0.1) is 29.0 Å². The number of esters is 1. The second kappa shape index (κ2) is 8.20. The number of nitrogens with one attached hydrogen (secondary N) is 2. The zero-order chi connectivity index (χ0) is 18.5.